The van der Waals surface area contributed by atoms with Crippen molar-refractivity contribution >= 4 is 5.97 Å². The van der Waals surface area contributed by atoms with Crippen molar-refractivity contribution in [3.8, 4) is 0 Å². The summed E-state index contributed by atoms with van der Waals surface area (Å²) in [6, 6.07) is 3.62. The number of nitrogens with zero attached hydrogens (tertiary/aromatic N) is 2. The molecule has 1 aliphatic heterocycles. The van der Waals surface area contributed by atoms with Crippen LogP contribution in [0.1, 0.15) is 23.0 Å². The molecule has 0 amide bonds. The molecule has 0 radical (unpaired) electrons. The second kappa shape index (κ2) is 5.93. The van der Waals surface area contributed by atoms with Crippen LogP contribution < -0.4 is 0 Å². The first kappa shape index (κ1) is 13.0. The van der Waals surface area contributed by atoms with Crippen molar-refractivity contribution in [2.45, 2.75) is 19.6 Å². The second-order valence-electron chi connectivity index (χ2n) is 4.45. The fourth-order valence-electron chi connectivity index (χ4n) is 2.02. The number of carbonyl (C=O) groups excluding carboxylic acids is 1. The highest BCUT2D eigenvalue weighted by Gasteiger charge is 2.17. The number of pyridine rings is 1. The molecule has 5 heteroatoms. The van der Waals surface area contributed by atoms with Crippen LogP contribution in [0.25, 0.3) is 0 Å². The van der Waals surface area contributed by atoms with Crippen LogP contribution in [-0.2, 0) is 16.0 Å². The van der Waals surface area contributed by atoms with Crippen molar-refractivity contribution in [3.63, 3.8) is 0 Å². The van der Waals surface area contributed by atoms with E-state index in [0.717, 1.165) is 31.9 Å². The van der Waals surface area contributed by atoms with Gasteiger partial charge in [-0.3, -0.25) is 9.88 Å². The van der Waals surface area contributed by atoms with Crippen molar-refractivity contribution in [1.82, 2.24) is 9.88 Å². The van der Waals surface area contributed by atoms with Crippen LogP contribution in [-0.4, -0.2) is 48.8 Å². The van der Waals surface area contributed by atoms with E-state index in [1.807, 2.05) is 6.07 Å². The number of hydrogen-bond donors (Lipinski definition) is 0. The van der Waals surface area contributed by atoms with Gasteiger partial charge in [-0.15, -0.1) is 0 Å². The highest BCUT2D eigenvalue weighted by Crippen LogP contribution is 2.09. The van der Waals surface area contributed by atoms with E-state index in [2.05, 4.69) is 21.5 Å². The van der Waals surface area contributed by atoms with Gasteiger partial charge in [0.1, 0.15) is 0 Å². The molecule has 18 heavy (non-hydrogen) atoms. The minimum atomic E-state index is -0.353. The minimum absolute atomic E-state index is 0.271. The SMILES string of the molecule is COC(=O)c1ccc(CN2CCOC(C)C2)nc1. The van der Waals surface area contributed by atoms with E-state index >= 15 is 0 Å². The Morgan fingerprint density at radius 2 is 2.44 bits per heavy atom. The van der Waals surface area contributed by atoms with E-state index in [-0.39, 0.29) is 12.1 Å². The predicted molar refractivity (Wildman–Crippen MR) is 66.3 cm³/mol. The molecular weight excluding hydrogens is 232 g/mol. The van der Waals surface area contributed by atoms with Crippen molar-refractivity contribution in [1.29, 1.82) is 0 Å². The van der Waals surface area contributed by atoms with Gasteiger partial charge in [-0.1, -0.05) is 0 Å². The van der Waals surface area contributed by atoms with E-state index in [1.165, 1.54) is 7.11 Å². The van der Waals surface area contributed by atoms with Gasteiger partial charge in [0.25, 0.3) is 0 Å². The van der Waals surface area contributed by atoms with Crippen molar-refractivity contribution in [2.24, 2.45) is 0 Å². The Hall–Kier alpha value is -1.46. The lowest BCUT2D eigenvalue weighted by molar-refractivity contribution is -0.0215. The third-order valence-electron chi connectivity index (χ3n) is 2.96. The van der Waals surface area contributed by atoms with Gasteiger partial charge in [-0.25, -0.2) is 4.79 Å². The monoisotopic (exact) mass is 250 g/mol. The minimum Gasteiger partial charge on any atom is -0.465 e. The zero-order valence-corrected chi connectivity index (χ0v) is 10.8. The van der Waals surface area contributed by atoms with E-state index < -0.39 is 0 Å². The van der Waals surface area contributed by atoms with Gasteiger partial charge in [0.05, 0.1) is 31.1 Å². The van der Waals surface area contributed by atoms with E-state index in [0.29, 0.717) is 5.56 Å². The van der Waals surface area contributed by atoms with Crippen LogP contribution in [0.4, 0.5) is 0 Å². The van der Waals surface area contributed by atoms with Crippen LogP contribution in [0.5, 0.6) is 0 Å². The summed E-state index contributed by atoms with van der Waals surface area (Å²) in [5.74, 6) is -0.353. The quantitative estimate of drug-likeness (QED) is 0.752. The summed E-state index contributed by atoms with van der Waals surface area (Å²) in [5.41, 5.74) is 1.44. The summed E-state index contributed by atoms with van der Waals surface area (Å²) in [5, 5.41) is 0. The van der Waals surface area contributed by atoms with E-state index in [9.17, 15) is 4.79 Å². The second-order valence-corrected chi connectivity index (χ2v) is 4.45. The molecule has 1 unspecified atom stereocenters. The summed E-state index contributed by atoms with van der Waals surface area (Å²) >= 11 is 0. The number of ether oxygens (including phenoxy) is 2. The van der Waals surface area contributed by atoms with Crippen molar-refractivity contribution in [3.05, 3.63) is 29.6 Å². The molecule has 0 spiro atoms. The summed E-state index contributed by atoms with van der Waals surface area (Å²) in [6.45, 7) is 5.46. The fourth-order valence-corrected chi connectivity index (χ4v) is 2.02. The molecule has 0 saturated carbocycles. The third kappa shape index (κ3) is 3.27. The lowest BCUT2D eigenvalue weighted by Crippen LogP contribution is -2.40. The number of aromatic nitrogens is 1. The first-order valence-corrected chi connectivity index (χ1v) is 6.06. The van der Waals surface area contributed by atoms with Gasteiger partial charge in [-0.2, -0.15) is 0 Å². The van der Waals surface area contributed by atoms with E-state index in [4.69, 9.17) is 4.74 Å². The molecule has 1 aromatic heterocycles. The number of carbonyl (C=O) groups is 1. The molecule has 1 atom stereocenters. The largest absolute Gasteiger partial charge is 0.465 e. The summed E-state index contributed by atoms with van der Waals surface area (Å²) in [6.07, 6.45) is 1.83. The number of rotatable bonds is 3. The van der Waals surface area contributed by atoms with Gasteiger partial charge in [0.15, 0.2) is 0 Å². The number of hydrogen-bond acceptors (Lipinski definition) is 5. The molecule has 1 saturated heterocycles. The zero-order valence-electron chi connectivity index (χ0n) is 10.8. The molecule has 2 heterocycles. The molecule has 0 aliphatic carbocycles. The average molecular weight is 250 g/mol. The average Bonchev–Trinajstić information content (AvgIpc) is 2.39. The van der Waals surface area contributed by atoms with Gasteiger partial charge >= 0.3 is 5.97 Å². The highest BCUT2D eigenvalue weighted by atomic mass is 16.5. The van der Waals surface area contributed by atoms with Gasteiger partial charge in [0.2, 0.25) is 0 Å². The third-order valence-corrected chi connectivity index (χ3v) is 2.96. The van der Waals surface area contributed by atoms with Crippen LogP contribution in [0.15, 0.2) is 18.3 Å². The fraction of sp³-hybridized carbons (Fsp3) is 0.538. The Balaban J connectivity index is 1.95. The van der Waals surface area contributed by atoms with Crippen LogP contribution >= 0.6 is 0 Å². The molecule has 0 N–H and O–H groups in total. The molecule has 1 fully saturated rings. The maximum Gasteiger partial charge on any atom is 0.339 e. The maximum absolute atomic E-state index is 11.3. The number of esters is 1. The summed E-state index contributed by atoms with van der Waals surface area (Å²) in [4.78, 5) is 17.9. The highest BCUT2D eigenvalue weighted by molar-refractivity contribution is 5.88. The summed E-state index contributed by atoms with van der Waals surface area (Å²) < 4.78 is 10.1. The Kier molecular flexibility index (Phi) is 4.28. The number of methoxy groups -OCH3 is 1. The van der Waals surface area contributed by atoms with E-state index in [1.54, 1.807) is 12.3 Å². The molecule has 1 aliphatic rings. The zero-order chi connectivity index (χ0) is 13.0. The van der Waals surface area contributed by atoms with Crippen LogP contribution in [0, 0.1) is 0 Å². The Bertz CT molecular complexity index is 405. The standard InChI is InChI=1S/C13H18N2O3/c1-10-8-15(5-6-18-10)9-12-4-3-11(7-14-12)13(16)17-2/h3-4,7,10H,5-6,8-9H2,1-2H3. The normalized spacial score (nSPS) is 20.7. The Labute approximate surface area is 107 Å². The van der Waals surface area contributed by atoms with Crippen LogP contribution in [0.3, 0.4) is 0 Å². The Morgan fingerprint density at radius 1 is 1.61 bits per heavy atom. The molecular formula is C13H18N2O3. The molecule has 2 rings (SSSR count). The number of morpholine rings is 1. The first-order chi connectivity index (χ1) is 8.69. The summed E-state index contributed by atoms with van der Waals surface area (Å²) in [7, 11) is 1.37. The molecule has 98 valence electrons. The molecule has 5 nitrogen and oxygen atoms in total. The first-order valence-electron chi connectivity index (χ1n) is 6.06. The lowest BCUT2D eigenvalue weighted by Gasteiger charge is -2.30. The predicted octanol–water partition coefficient (Wildman–Crippen LogP) is 1.09. The van der Waals surface area contributed by atoms with Crippen molar-refractivity contribution in [2.75, 3.05) is 26.8 Å². The Morgan fingerprint density at radius 3 is 3.06 bits per heavy atom. The van der Waals surface area contributed by atoms with Gasteiger partial charge < -0.3 is 9.47 Å². The molecule has 0 aromatic carbocycles. The van der Waals surface area contributed by atoms with Gasteiger partial charge in [0, 0.05) is 25.8 Å². The molecule has 1 aromatic rings. The lowest BCUT2D eigenvalue weighted by atomic mass is 10.2. The smallest absolute Gasteiger partial charge is 0.339 e. The van der Waals surface area contributed by atoms with Crippen molar-refractivity contribution < 1.29 is 14.3 Å². The topological polar surface area (TPSA) is 51.7 Å². The van der Waals surface area contributed by atoms with Gasteiger partial charge in [-0.05, 0) is 19.1 Å². The molecule has 0 bridgehead atoms. The maximum atomic E-state index is 11.3. The van der Waals surface area contributed by atoms with Crippen LogP contribution in [0.2, 0.25) is 0 Å².